The molecule has 0 unspecified atom stereocenters. The van der Waals surface area contributed by atoms with Gasteiger partial charge in [0.1, 0.15) is 0 Å². The molecule has 0 atom stereocenters. The van der Waals surface area contributed by atoms with E-state index in [4.69, 9.17) is 4.74 Å². The molecule has 0 aliphatic heterocycles. The van der Waals surface area contributed by atoms with Crippen LogP contribution in [0, 0.1) is 0 Å². The van der Waals surface area contributed by atoms with Gasteiger partial charge in [0.2, 0.25) is 10.0 Å². The number of nitrogens with zero attached hydrogens (tertiary/aromatic N) is 2. The zero-order valence-electron chi connectivity index (χ0n) is 15.0. The van der Waals surface area contributed by atoms with Crippen LogP contribution in [0.15, 0.2) is 59.1 Å². The maximum atomic E-state index is 12.5. The normalized spacial score (nSPS) is 11.9. The molecule has 2 aromatic carbocycles. The zero-order valence-corrected chi connectivity index (χ0v) is 16.7. The molecule has 2 aromatic heterocycles. The highest BCUT2D eigenvalue weighted by molar-refractivity contribution is 7.89. The fourth-order valence-electron chi connectivity index (χ4n) is 2.85. The van der Waals surface area contributed by atoms with Crippen LogP contribution in [0.3, 0.4) is 0 Å². The first-order valence-corrected chi connectivity index (χ1v) is 10.9. The lowest BCUT2D eigenvalue weighted by molar-refractivity contribution is 0.204. The third-order valence-corrected chi connectivity index (χ3v) is 6.50. The predicted octanol–water partition coefficient (Wildman–Crippen LogP) is 3.51. The van der Waals surface area contributed by atoms with Gasteiger partial charge in [0.25, 0.3) is 0 Å². The molecule has 2 heterocycles. The first kappa shape index (κ1) is 18.8. The lowest BCUT2D eigenvalue weighted by atomic mass is 10.2. The molecule has 0 aliphatic carbocycles. The summed E-state index contributed by atoms with van der Waals surface area (Å²) in [5, 5.41) is 4.07. The molecular weight excluding hydrogens is 396 g/mol. The largest absolute Gasteiger partial charge is 0.383 e. The number of anilines is 2. The van der Waals surface area contributed by atoms with Gasteiger partial charge in [0.15, 0.2) is 0 Å². The van der Waals surface area contributed by atoms with E-state index in [0.29, 0.717) is 12.1 Å². The summed E-state index contributed by atoms with van der Waals surface area (Å²) in [5.41, 5.74) is 5.07. The van der Waals surface area contributed by atoms with Crippen molar-refractivity contribution in [2.45, 2.75) is 4.90 Å². The molecule has 0 aliphatic rings. The van der Waals surface area contributed by atoms with Gasteiger partial charge < -0.3 is 10.1 Å². The molecule has 2 N–H and O–H groups in total. The number of benzene rings is 2. The van der Waals surface area contributed by atoms with Gasteiger partial charge in [0, 0.05) is 36.6 Å². The highest BCUT2D eigenvalue weighted by Crippen LogP contribution is 2.29. The minimum Gasteiger partial charge on any atom is -0.383 e. The van der Waals surface area contributed by atoms with E-state index >= 15 is 0 Å². The van der Waals surface area contributed by atoms with Crippen LogP contribution in [0.1, 0.15) is 0 Å². The van der Waals surface area contributed by atoms with Crippen molar-refractivity contribution in [2.24, 2.45) is 0 Å². The summed E-state index contributed by atoms with van der Waals surface area (Å²) in [6.07, 6.45) is 1.69. The van der Waals surface area contributed by atoms with Crippen molar-refractivity contribution < 1.29 is 13.2 Å². The Labute approximate surface area is 166 Å². The van der Waals surface area contributed by atoms with Crippen molar-refractivity contribution in [3.05, 3.63) is 54.2 Å². The summed E-state index contributed by atoms with van der Waals surface area (Å²) >= 11 is 1.59. The molecule has 0 saturated carbocycles. The second-order valence-corrected chi connectivity index (χ2v) is 8.74. The highest BCUT2D eigenvalue weighted by atomic mass is 32.2. The number of thiazole rings is 1. The summed E-state index contributed by atoms with van der Waals surface area (Å²) < 4.78 is 33.6. The number of nitrogens with one attached hydrogen (secondary N) is 2. The molecule has 28 heavy (non-hydrogen) atoms. The summed E-state index contributed by atoms with van der Waals surface area (Å²) in [6, 6.07) is 12.6. The molecule has 144 valence electrons. The molecular formula is C19H18N4O3S2. The van der Waals surface area contributed by atoms with Gasteiger partial charge >= 0.3 is 0 Å². The molecule has 0 saturated heterocycles. The number of ether oxygens (including phenoxy) is 1. The molecule has 0 spiro atoms. The van der Waals surface area contributed by atoms with Crippen molar-refractivity contribution in [2.75, 3.05) is 25.6 Å². The van der Waals surface area contributed by atoms with Crippen LogP contribution in [0.25, 0.3) is 21.1 Å². The topological polar surface area (TPSA) is 93.2 Å². The first-order chi connectivity index (χ1) is 13.6. The summed E-state index contributed by atoms with van der Waals surface area (Å²) in [4.78, 5) is 8.85. The van der Waals surface area contributed by atoms with Gasteiger partial charge in [-0.1, -0.05) is 0 Å². The quantitative estimate of drug-likeness (QED) is 0.450. The van der Waals surface area contributed by atoms with Gasteiger partial charge in [-0.3, -0.25) is 4.98 Å². The van der Waals surface area contributed by atoms with Gasteiger partial charge in [-0.2, -0.15) is 0 Å². The lowest BCUT2D eigenvalue weighted by Crippen LogP contribution is -2.27. The van der Waals surface area contributed by atoms with Gasteiger partial charge in [0.05, 0.1) is 32.7 Å². The average Bonchev–Trinajstić information content (AvgIpc) is 3.16. The van der Waals surface area contributed by atoms with Crippen LogP contribution < -0.4 is 10.0 Å². The standard InChI is InChI=1S/C19H18N4O3S2/c1-26-9-8-22-28(24,25)14-3-4-16-15(11-14)17(6-7-20-16)23-13-2-5-19-18(10-13)21-12-27-19/h2-7,10-12,22H,8-9H2,1H3,(H,20,23). The Kier molecular flexibility index (Phi) is 5.23. The van der Waals surface area contributed by atoms with E-state index in [-0.39, 0.29) is 11.4 Å². The first-order valence-electron chi connectivity index (χ1n) is 8.54. The van der Waals surface area contributed by atoms with Crippen molar-refractivity contribution >= 4 is 53.9 Å². The van der Waals surface area contributed by atoms with Gasteiger partial charge in [-0.05, 0) is 42.5 Å². The summed E-state index contributed by atoms with van der Waals surface area (Å²) in [5.74, 6) is 0. The Morgan fingerprint density at radius 3 is 2.82 bits per heavy atom. The third-order valence-electron chi connectivity index (χ3n) is 4.23. The second-order valence-electron chi connectivity index (χ2n) is 6.09. The number of methoxy groups -OCH3 is 1. The van der Waals surface area contributed by atoms with Crippen LogP contribution in [-0.4, -0.2) is 38.6 Å². The molecule has 0 fully saturated rings. The number of hydrogen-bond donors (Lipinski definition) is 2. The van der Waals surface area contributed by atoms with Crippen molar-refractivity contribution in [1.29, 1.82) is 0 Å². The number of fused-ring (bicyclic) bond motifs is 2. The van der Waals surface area contributed by atoms with E-state index in [9.17, 15) is 8.42 Å². The summed E-state index contributed by atoms with van der Waals surface area (Å²) in [7, 11) is -2.10. The number of sulfonamides is 1. The Hall–Kier alpha value is -2.59. The Morgan fingerprint density at radius 2 is 1.96 bits per heavy atom. The number of pyridine rings is 1. The maximum absolute atomic E-state index is 12.5. The van der Waals surface area contributed by atoms with Crippen molar-refractivity contribution in [3.63, 3.8) is 0 Å². The molecule has 0 bridgehead atoms. The van der Waals surface area contributed by atoms with Crippen LogP contribution in [0.5, 0.6) is 0 Å². The lowest BCUT2D eigenvalue weighted by Gasteiger charge is -2.11. The van der Waals surface area contributed by atoms with Crippen LogP contribution in [-0.2, 0) is 14.8 Å². The Morgan fingerprint density at radius 1 is 1.07 bits per heavy atom. The van der Waals surface area contributed by atoms with Gasteiger partial charge in [-0.25, -0.2) is 18.1 Å². The third kappa shape index (κ3) is 3.83. The minimum atomic E-state index is -3.63. The van der Waals surface area contributed by atoms with E-state index in [1.165, 1.54) is 7.11 Å². The Balaban J connectivity index is 1.70. The van der Waals surface area contributed by atoms with E-state index in [1.54, 1.807) is 35.7 Å². The summed E-state index contributed by atoms with van der Waals surface area (Å²) in [6.45, 7) is 0.517. The molecule has 9 heteroatoms. The fraction of sp³-hybridized carbons (Fsp3) is 0.158. The van der Waals surface area contributed by atoms with Crippen LogP contribution in [0.2, 0.25) is 0 Å². The maximum Gasteiger partial charge on any atom is 0.240 e. The van der Waals surface area contributed by atoms with Crippen molar-refractivity contribution in [1.82, 2.24) is 14.7 Å². The molecule has 4 rings (SSSR count). The second kappa shape index (κ2) is 7.80. The molecule has 0 radical (unpaired) electrons. The van der Waals surface area contributed by atoms with E-state index in [1.807, 2.05) is 29.8 Å². The van der Waals surface area contributed by atoms with E-state index in [0.717, 1.165) is 27.0 Å². The van der Waals surface area contributed by atoms with Crippen LogP contribution >= 0.6 is 11.3 Å². The van der Waals surface area contributed by atoms with E-state index in [2.05, 4.69) is 20.0 Å². The predicted molar refractivity (Wildman–Crippen MR) is 112 cm³/mol. The average molecular weight is 415 g/mol. The molecule has 7 nitrogen and oxygen atoms in total. The van der Waals surface area contributed by atoms with Gasteiger partial charge in [-0.15, -0.1) is 11.3 Å². The molecule has 0 amide bonds. The Bertz CT molecular complexity index is 1240. The smallest absolute Gasteiger partial charge is 0.240 e. The number of rotatable bonds is 7. The monoisotopic (exact) mass is 414 g/mol. The highest BCUT2D eigenvalue weighted by Gasteiger charge is 2.15. The fourth-order valence-corrected chi connectivity index (χ4v) is 4.55. The minimum absolute atomic E-state index is 0.183. The van der Waals surface area contributed by atoms with Crippen LogP contribution in [0.4, 0.5) is 11.4 Å². The molecule has 4 aromatic rings. The number of hydrogen-bond acceptors (Lipinski definition) is 7. The van der Waals surface area contributed by atoms with E-state index < -0.39 is 10.0 Å². The van der Waals surface area contributed by atoms with Crippen molar-refractivity contribution in [3.8, 4) is 0 Å². The SMILES string of the molecule is COCCNS(=O)(=O)c1ccc2nccc(Nc3ccc4scnc4c3)c2c1. The zero-order chi connectivity index (χ0) is 19.6. The number of aromatic nitrogens is 2.